The summed E-state index contributed by atoms with van der Waals surface area (Å²) in [7, 11) is 0. The van der Waals surface area contributed by atoms with E-state index >= 15 is 0 Å². The number of anilines is 8. The molecule has 0 bridgehead atoms. The topological polar surface area (TPSA) is 60.1 Å². The summed E-state index contributed by atoms with van der Waals surface area (Å²) in [6, 6.07) is 180. The molecule has 0 N–H and O–H groups in total. The summed E-state index contributed by atoms with van der Waals surface area (Å²) < 4.78 is 12.0. The third-order valence-corrected chi connectivity index (χ3v) is 28.9. The summed E-state index contributed by atoms with van der Waals surface area (Å²) in [5, 5.41) is 11.9. The van der Waals surface area contributed by atoms with Crippen LogP contribution in [-0.2, 0) is 0 Å². The van der Waals surface area contributed by atoms with Gasteiger partial charge in [-0.25, -0.2) is 9.97 Å². The van der Waals surface area contributed by atoms with Crippen molar-refractivity contribution in [3.63, 3.8) is 0 Å². The lowest BCUT2D eigenvalue weighted by Crippen LogP contribution is -2.33. The fourth-order valence-corrected chi connectivity index (χ4v) is 22.1. The molecule has 10 nitrogen and oxygen atoms in total. The lowest BCUT2D eigenvalue weighted by atomic mass is 9.97. The van der Waals surface area contributed by atoms with Gasteiger partial charge in [0.05, 0.1) is 66.6 Å². The molecule has 0 fully saturated rings. The number of nitrogens with zero attached hydrogens (tertiary/aromatic N) is 10. The Morgan fingerprint density at radius 1 is 0.207 bits per heavy atom. The van der Waals surface area contributed by atoms with Gasteiger partial charge < -0.3 is 37.5 Å². The van der Waals surface area contributed by atoms with E-state index in [1.807, 2.05) is 0 Å². The number of fused-ring (bicyclic) bond motifs is 15. The monoisotopic (exact) mass is 1790 g/mol. The van der Waals surface area contributed by atoms with E-state index < -0.39 is 0 Å². The number of rotatable bonds is 21. The molecule has 10 heteroatoms. The van der Waals surface area contributed by atoms with Crippen molar-refractivity contribution < 1.29 is 0 Å². The third-order valence-electron chi connectivity index (χ3n) is 28.9. The second-order valence-electron chi connectivity index (χ2n) is 36.8. The number of aromatic nitrogens is 7. The van der Waals surface area contributed by atoms with Crippen molar-refractivity contribution in [3.8, 4) is 84.6 Å². The molecule has 6 aromatic heterocycles. The molecule has 0 amide bonds. The summed E-state index contributed by atoms with van der Waals surface area (Å²) in [5.41, 5.74) is 34.0. The fraction of sp³-hybridized carbons (Fsp3) is 0.0462. The molecule has 26 aromatic rings. The normalized spacial score (nSPS) is 12.2. The van der Waals surface area contributed by atoms with Crippen molar-refractivity contribution in [2.24, 2.45) is 5.92 Å². The van der Waals surface area contributed by atoms with Crippen LogP contribution in [0.5, 0.6) is 0 Å². The van der Waals surface area contributed by atoms with E-state index in [1.54, 1.807) is 0 Å². The Morgan fingerprint density at radius 2 is 0.479 bits per heavy atom. The van der Waals surface area contributed by atoms with Gasteiger partial charge in [0.15, 0.2) is 5.82 Å². The van der Waals surface area contributed by atoms with Crippen molar-refractivity contribution >= 4 is 155 Å². The third kappa shape index (κ3) is 14.0. The molecule has 6 heterocycles. The van der Waals surface area contributed by atoms with E-state index in [1.165, 1.54) is 59.7 Å². The lowest BCUT2D eigenvalue weighted by Gasteiger charge is -2.35. The lowest BCUT2D eigenvalue weighted by molar-refractivity contribution is 0.463. The first-order valence-electron chi connectivity index (χ1n) is 48.5. The number of hydrogen-bond donors (Lipinski definition) is 0. The fourth-order valence-electron chi connectivity index (χ4n) is 22.1. The summed E-state index contributed by atoms with van der Waals surface area (Å²) in [5.74, 6) is 0.901. The number of hydrogen-bond acceptors (Lipinski definition) is 5. The number of para-hydroxylation sites is 10. The Bertz CT molecular complexity index is 8850. The summed E-state index contributed by atoms with van der Waals surface area (Å²) in [4.78, 5) is 19.2. The molecular formula is C130H94N10. The molecule has 0 aliphatic heterocycles. The minimum absolute atomic E-state index is 0.0896. The van der Waals surface area contributed by atoms with Crippen LogP contribution >= 0.6 is 0 Å². The molecule has 1 unspecified atom stereocenters. The highest BCUT2D eigenvalue weighted by Gasteiger charge is 2.29. The van der Waals surface area contributed by atoms with Crippen molar-refractivity contribution in [3.05, 3.63) is 491 Å². The van der Waals surface area contributed by atoms with E-state index in [0.717, 1.165) is 180 Å². The van der Waals surface area contributed by atoms with Gasteiger partial charge in [-0.15, -0.1) is 0 Å². The molecule has 0 saturated heterocycles. The zero-order chi connectivity index (χ0) is 93.0. The first-order valence-corrected chi connectivity index (χ1v) is 48.5. The van der Waals surface area contributed by atoms with Gasteiger partial charge in [0.1, 0.15) is 0 Å². The van der Waals surface area contributed by atoms with E-state index in [9.17, 15) is 0 Å². The van der Waals surface area contributed by atoms with Crippen molar-refractivity contribution in [1.29, 1.82) is 0 Å². The first-order chi connectivity index (χ1) is 69.2. The molecule has 664 valence electrons. The van der Waals surface area contributed by atoms with E-state index in [4.69, 9.17) is 9.97 Å². The molecule has 20 aromatic carbocycles. The van der Waals surface area contributed by atoms with Gasteiger partial charge in [0.25, 0.3) is 0 Å². The Morgan fingerprint density at radius 3 is 0.864 bits per heavy atom. The molecule has 140 heavy (non-hydrogen) atoms. The maximum Gasteiger partial charge on any atom is 0.160 e. The second-order valence-corrected chi connectivity index (χ2v) is 36.8. The smallest absolute Gasteiger partial charge is 0.160 e. The average molecular weight is 1800 g/mol. The molecule has 0 radical (unpaired) electrons. The maximum atomic E-state index is 5.91. The summed E-state index contributed by atoms with van der Waals surface area (Å²) in [6.45, 7) is 7.08. The van der Waals surface area contributed by atoms with Crippen LogP contribution in [0.3, 0.4) is 0 Å². The van der Waals surface area contributed by atoms with Gasteiger partial charge in [-0.1, -0.05) is 287 Å². The van der Waals surface area contributed by atoms with Crippen LogP contribution in [0.1, 0.15) is 27.2 Å². The standard InChI is InChI=1S/C130H94N10/c1-4-86(2)87(3)133(103-73-76-123-113(82-103)108-51-20-25-58-118(108)136(123)93-38-10-5-11-39-93)100-48-30-35-90(79-100)116-85-117(91-36-31-49-101(80-91)134(104-74-77-124-114(83-104)109-52-21-26-59-119(109)137(124)94-40-12-6-13-41-94)98-69-65-88(66-70-98)106-56-33-63-126-128(106)111-54-23-28-61-121(111)139(126)96-44-16-8-17-45-96)132-130(131-116)92-37-32-50-102(81-92)135(105-75-78-125-115(84-105)110-53-22-27-60-120(110)138(125)95-42-14-7-15-43-95)99-71-67-89(68-72-99)107-57-34-64-127-129(107)112-55-24-29-62-122(112)140(127)97-46-18-9-19-47-97/h5-87H,4H2,1-3H3/t86-,87?/m1/s1. The Balaban J connectivity index is 0.659. The van der Waals surface area contributed by atoms with Crippen molar-refractivity contribution in [2.75, 3.05) is 14.7 Å². The zero-order valence-corrected chi connectivity index (χ0v) is 77.6. The highest BCUT2D eigenvalue weighted by molar-refractivity contribution is 6.19. The van der Waals surface area contributed by atoms with Crippen LogP contribution in [0.25, 0.3) is 194 Å². The molecule has 0 aliphatic rings. The SMILES string of the molecule is CC[C@@H](C)C(C)N(c1cccc(-c2cc(-c3cccc(N(c4ccc(-c5cccc6c5c5ccccc5n6-c5ccccc5)cc4)c4ccc5c(c4)c4ccccc4n5-c4ccccc4)c3)nc(-c3cccc(N(c4ccc(-c5cccc6c5c5ccccc5n6-c5ccccc5)cc4)c4ccc5c(c4)c4ccccc4n5-c4ccccc4)c3)n2)c1)c1ccc2c(c1)c1ccccc1n2-c1ccccc1. The molecule has 26 rings (SSSR count). The predicted molar refractivity (Wildman–Crippen MR) is 588 cm³/mol. The van der Waals surface area contributed by atoms with E-state index in [-0.39, 0.29) is 6.04 Å². The van der Waals surface area contributed by atoms with Crippen LogP contribution in [0, 0.1) is 5.92 Å². The van der Waals surface area contributed by atoms with Gasteiger partial charge in [-0.2, -0.15) is 0 Å². The highest BCUT2D eigenvalue weighted by Crippen LogP contribution is 2.50. The number of benzene rings is 20. The van der Waals surface area contributed by atoms with Gasteiger partial charge in [0, 0.05) is 151 Å². The predicted octanol–water partition coefficient (Wildman–Crippen LogP) is 34.8. The minimum Gasteiger partial charge on any atom is -0.338 e. The van der Waals surface area contributed by atoms with E-state index in [0.29, 0.717) is 11.7 Å². The van der Waals surface area contributed by atoms with Gasteiger partial charge in [0.2, 0.25) is 0 Å². The summed E-state index contributed by atoms with van der Waals surface area (Å²) >= 11 is 0. The zero-order valence-electron chi connectivity index (χ0n) is 77.6. The molecular weight excluding hydrogens is 1700 g/mol. The quantitative estimate of drug-likeness (QED) is 0.0717. The minimum atomic E-state index is 0.0896. The van der Waals surface area contributed by atoms with Crippen LogP contribution in [0.15, 0.2) is 491 Å². The van der Waals surface area contributed by atoms with Crippen molar-refractivity contribution in [2.45, 2.75) is 33.2 Å². The highest BCUT2D eigenvalue weighted by atomic mass is 15.2. The summed E-state index contributed by atoms with van der Waals surface area (Å²) in [6.07, 6.45) is 0.994. The van der Waals surface area contributed by atoms with Crippen LogP contribution < -0.4 is 14.7 Å². The first kappa shape index (κ1) is 82.5. The Labute approximate surface area is 811 Å². The Hall–Kier alpha value is -18.1. The molecule has 0 spiro atoms. The van der Waals surface area contributed by atoms with Crippen LogP contribution in [0.2, 0.25) is 0 Å². The van der Waals surface area contributed by atoms with Crippen molar-refractivity contribution in [1.82, 2.24) is 32.8 Å². The van der Waals surface area contributed by atoms with Crippen LogP contribution in [-0.4, -0.2) is 38.8 Å². The molecule has 0 saturated carbocycles. The van der Waals surface area contributed by atoms with Gasteiger partial charge in [-0.05, 0) is 260 Å². The average Bonchev–Trinajstić information content (AvgIpc) is 1.58. The molecule has 0 aliphatic carbocycles. The molecule has 2 atom stereocenters. The maximum absolute atomic E-state index is 5.91. The van der Waals surface area contributed by atoms with Crippen LogP contribution in [0.4, 0.5) is 45.5 Å². The largest absolute Gasteiger partial charge is 0.338 e. The van der Waals surface area contributed by atoms with Gasteiger partial charge >= 0.3 is 0 Å². The van der Waals surface area contributed by atoms with Gasteiger partial charge in [-0.3, -0.25) is 0 Å². The van der Waals surface area contributed by atoms with E-state index in [2.05, 4.69) is 550 Å². The second kappa shape index (κ2) is 34.4. The Kier molecular flexibility index (Phi) is 20.3.